The van der Waals surface area contributed by atoms with Gasteiger partial charge in [-0.1, -0.05) is 52.8 Å². The van der Waals surface area contributed by atoms with E-state index < -0.39 is 5.79 Å². The van der Waals surface area contributed by atoms with Gasteiger partial charge in [-0.2, -0.15) is 0 Å². The van der Waals surface area contributed by atoms with Crippen molar-refractivity contribution in [3.8, 4) is 0 Å². The van der Waals surface area contributed by atoms with E-state index in [0.29, 0.717) is 25.9 Å². The summed E-state index contributed by atoms with van der Waals surface area (Å²) in [6.07, 6.45) is 8.34. The molecule has 3 saturated carbocycles. The highest BCUT2D eigenvalue weighted by Crippen LogP contribution is 2.54. The van der Waals surface area contributed by atoms with Crippen LogP contribution in [0, 0.1) is 11.3 Å². The van der Waals surface area contributed by atoms with Crippen molar-refractivity contribution in [1.29, 1.82) is 0 Å². The van der Waals surface area contributed by atoms with Crippen molar-refractivity contribution >= 4 is 15.9 Å². The number of ether oxygens (including phenoxy) is 5. The van der Waals surface area contributed by atoms with Crippen LogP contribution in [0.4, 0.5) is 0 Å². The van der Waals surface area contributed by atoms with Crippen molar-refractivity contribution in [2.45, 2.75) is 80.8 Å². The lowest BCUT2D eigenvalue weighted by molar-refractivity contribution is -0.242. The first kappa shape index (κ1) is 25.3. The Morgan fingerprint density at radius 3 is 2.61 bits per heavy atom. The second kappa shape index (κ2) is 11.3. The highest BCUT2D eigenvalue weighted by atomic mass is 79.9. The lowest BCUT2D eigenvalue weighted by Crippen LogP contribution is -2.51. The summed E-state index contributed by atoms with van der Waals surface area (Å²) >= 11 is 3.81. The summed E-state index contributed by atoms with van der Waals surface area (Å²) in [6.45, 7) is 6.16. The third kappa shape index (κ3) is 5.74. The van der Waals surface area contributed by atoms with Gasteiger partial charge in [0.05, 0.1) is 30.2 Å². The summed E-state index contributed by atoms with van der Waals surface area (Å²) in [5.41, 5.74) is 2.47. The quantitative estimate of drug-likeness (QED) is 0.163. The van der Waals surface area contributed by atoms with Crippen LogP contribution in [0.1, 0.15) is 56.9 Å². The number of benzene rings is 1. The molecule has 0 saturated heterocycles. The molecule has 0 bridgehead atoms. The average Bonchev–Trinajstić information content (AvgIpc) is 3.19. The highest BCUT2D eigenvalue weighted by molar-refractivity contribution is 9.09. The van der Waals surface area contributed by atoms with Crippen molar-refractivity contribution in [2.75, 3.05) is 27.6 Å². The van der Waals surface area contributed by atoms with Gasteiger partial charge in [0.2, 0.25) is 0 Å². The molecule has 5 nitrogen and oxygen atoms in total. The van der Waals surface area contributed by atoms with Crippen LogP contribution in [0.3, 0.4) is 0 Å². The Balaban J connectivity index is 1.45. The molecule has 6 atom stereocenters. The second-order valence-electron chi connectivity index (χ2n) is 10.1. The van der Waals surface area contributed by atoms with E-state index in [2.05, 4.69) is 46.8 Å². The summed E-state index contributed by atoms with van der Waals surface area (Å²) < 4.78 is 30.2. The maximum absolute atomic E-state index is 6.72. The maximum atomic E-state index is 6.72. The Morgan fingerprint density at radius 2 is 1.91 bits per heavy atom. The van der Waals surface area contributed by atoms with Crippen molar-refractivity contribution < 1.29 is 23.7 Å². The lowest BCUT2D eigenvalue weighted by Gasteiger charge is -2.52. The number of rotatable bonds is 10. The van der Waals surface area contributed by atoms with E-state index in [4.69, 9.17) is 23.7 Å². The molecule has 0 aromatic heterocycles. The molecule has 1 aromatic carbocycles. The molecule has 0 N–H and O–H groups in total. The van der Waals surface area contributed by atoms with E-state index in [1.807, 2.05) is 6.07 Å². The van der Waals surface area contributed by atoms with Crippen LogP contribution < -0.4 is 0 Å². The van der Waals surface area contributed by atoms with Gasteiger partial charge < -0.3 is 23.7 Å². The molecule has 0 unspecified atom stereocenters. The lowest BCUT2D eigenvalue weighted by atomic mass is 9.57. The van der Waals surface area contributed by atoms with Crippen LogP contribution in [0.2, 0.25) is 0 Å². The largest absolute Gasteiger partial charge is 0.374 e. The first-order valence-corrected chi connectivity index (χ1v) is 13.2. The van der Waals surface area contributed by atoms with E-state index in [1.54, 1.807) is 14.2 Å². The number of alkyl halides is 1. The SMILES string of the molecule is C=C1C[C@@]2(COCOC)CC[C@H](OCc3ccccc3)C[C@@H]2C[C@H]1O[C@]1(OC)CCC[C@H]1Br. The monoisotopic (exact) mass is 522 g/mol. The molecule has 1 aromatic rings. The van der Waals surface area contributed by atoms with Crippen LogP contribution in [-0.4, -0.2) is 50.4 Å². The van der Waals surface area contributed by atoms with E-state index >= 15 is 0 Å². The molecule has 3 aliphatic carbocycles. The molecule has 0 spiro atoms. The fourth-order valence-corrected chi connectivity index (χ4v) is 6.95. The van der Waals surface area contributed by atoms with Crippen LogP contribution in [-0.2, 0) is 30.3 Å². The maximum Gasteiger partial charge on any atom is 0.181 e. The summed E-state index contributed by atoms with van der Waals surface area (Å²) in [4.78, 5) is 0.216. The van der Waals surface area contributed by atoms with Gasteiger partial charge in [0.1, 0.15) is 6.79 Å². The third-order valence-electron chi connectivity index (χ3n) is 7.98. The number of methoxy groups -OCH3 is 2. The van der Waals surface area contributed by atoms with Crippen molar-refractivity contribution in [3.63, 3.8) is 0 Å². The first-order valence-electron chi connectivity index (χ1n) is 12.3. The van der Waals surface area contributed by atoms with Crippen LogP contribution in [0.5, 0.6) is 0 Å². The van der Waals surface area contributed by atoms with E-state index in [0.717, 1.165) is 51.4 Å². The van der Waals surface area contributed by atoms with Gasteiger partial charge in [-0.3, -0.25) is 0 Å². The molecule has 0 aliphatic heterocycles. The fraction of sp³-hybridized carbons (Fsp3) is 0.704. The Labute approximate surface area is 207 Å². The molecule has 33 heavy (non-hydrogen) atoms. The molecule has 0 radical (unpaired) electrons. The predicted octanol–water partition coefficient (Wildman–Crippen LogP) is 6.00. The summed E-state index contributed by atoms with van der Waals surface area (Å²) in [6, 6.07) is 10.4. The standard InChI is InChI=1S/C27H39BrO5/c1-20-16-26(18-31-19-29-2)13-11-23(32-17-21-8-5-4-6-9-21)14-22(26)15-24(20)33-27(30-3)12-7-10-25(27)28/h4-6,8-9,22-25H,1,7,10-19H2,2-3H3/t22-,23+,24-,25-,26-,27-/m1/s1. The molecule has 4 rings (SSSR count). The van der Waals surface area contributed by atoms with Gasteiger partial charge in [0, 0.05) is 26.1 Å². The Bertz CT molecular complexity index is 773. The minimum atomic E-state index is -0.558. The van der Waals surface area contributed by atoms with Gasteiger partial charge in [-0.25, -0.2) is 0 Å². The van der Waals surface area contributed by atoms with Gasteiger partial charge in [-0.15, -0.1) is 0 Å². The molecule has 184 valence electrons. The number of hydrogen-bond donors (Lipinski definition) is 0. The fourth-order valence-electron chi connectivity index (χ4n) is 6.10. The smallest absolute Gasteiger partial charge is 0.181 e. The molecule has 3 fully saturated rings. The minimum Gasteiger partial charge on any atom is -0.374 e. The first-order chi connectivity index (χ1) is 16.0. The zero-order chi connectivity index (χ0) is 23.3. The Kier molecular flexibility index (Phi) is 8.69. The van der Waals surface area contributed by atoms with E-state index in [9.17, 15) is 0 Å². The van der Waals surface area contributed by atoms with Crippen molar-refractivity contribution in [2.24, 2.45) is 11.3 Å². The molecule has 0 heterocycles. The average molecular weight is 524 g/mol. The zero-order valence-electron chi connectivity index (χ0n) is 20.1. The molecule has 0 amide bonds. The van der Waals surface area contributed by atoms with Crippen LogP contribution in [0.25, 0.3) is 0 Å². The van der Waals surface area contributed by atoms with Gasteiger partial charge in [0.15, 0.2) is 5.79 Å². The van der Waals surface area contributed by atoms with Crippen LogP contribution >= 0.6 is 15.9 Å². The topological polar surface area (TPSA) is 46.2 Å². The Hall–Kier alpha value is -0.760. The Morgan fingerprint density at radius 1 is 1.09 bits per heavy atom. The third-order valence-corrected chi connectivity index (χ3v) is 9.13. The molecule has 3 aliphatic rings. The van der Waals surface area contributed by atoms with E-state index in [-0.39, 0.29) is 22.5 Å². The van der Waals surface area contributed by atoms with E-state index in [1.165, 1.54) is 11.1 Å². The molecular weight excluding hydrogens is 484 g/mol. The number of hydrogen-bond acceptors (Lipinski definition) is 5. The van der Waals surface area contributed by atoms with Gasteiger partial charge >= 0.3 is 0 Å². The summed E-state index contributed by atoms with van der Waals surface area (Å²) in [5.74, 6) is -0.110. The zero-order valence-corrected chi connectivity index (χ0v) is 21.7. The van der Waals surface area contributed by atoms with Gasteiger partial charge in [0.25, 0.3) is 0 Å². The van der Waals surface area contributed by atoms with Crippen molar-refractivity contribution in [1.82, 2.24) is 0 Å². The predicted molar refractivity (Wildman–Crippen MR) is 132 cm³/mol. The summed E-state index contributed by atoms with van der Waals surface area (Å²) in [7, 11) is 3.44. The highest BCUT2D eigenvalue weighted by Gasteiger charge is 2.52. The molecular formula is C27H39BrO5. The van der Waals surface area contributed by atoms with Crippen molar-refractivity contribution in [3.05, 3.63) is 48.0 Å². The molecule has 6 heteroatoms. The summed E-state index contributed by atoms with van der Waals surface area (Å²) in [5, 5.41) is 0. The van der Waals surface area contributed by atoms with Crippen LogP contribution in [0.15, 0.2) is 42.5 Å². The van der Waals surface area contributed by atoms with Gasteiger partial charge in [-0.05, 0) is 62.0 Å². The minimum absolute atomic E-state index is 0.00322. The number of fused-ring (bicyclic) bond motifs is 1. The number of halogens is 1. The normalized spacial score (nSPS) is 36.6. The second-order valence-corrected chi connectivity index (χ2v) is 11.2.